The molecule has 0 aromatic heterocycles. The topological polar surface area (TPSA) is 89.3 Å². The molecule has 2 rings (SSSR count). The predicted octanol–water partition coefficient (Wildman–Crippen LogP) is 2.34. The van der Waals surface area contributed by atoms with Crippen molar-refractivity contribution >= 4 is 33.4 Å². The Balaban J connectivity index is 1.92. The van der Waals surface area contributed by atoms with Gasteiger partial charge in [0.25, 0.3) is 0 Å². The fraction of sp³-hybridized carbons (Fsp3) is 0.500. The first-order valence-corrected chi connectivity index (χ1v) is 9.44. The molecule has 1 aromatic rings. The van der Waals surface area contributed by atoms with Gasteiger partial charge in [0.2, 0.25) is 15.9 Å². The van der Waals surface area contributed by atoms with Crippen molar-refractivity contribution in [1.29, 1.82) is 0 Å². The second-order valence-electron chi connectivity index (χ2n) is 5.24. The van der Waals surface area contributed by atoms with Crippen molar-refractivity contribution in [3.05, 3.63) is 24.3 Å². The molecule has 1 fully saturated rings. The summed E-state index contributed by atoms with van der Waals surface area (Å²) in [5.41, 5.74) is 0.575. The van der Waals surface area contributed by atoms with E-state index in [1.54, 1.807) is 23.9 Å². The monoisotopic (exact) mass is 328 g/mol. The minimum Gasteiger partial charge on any atom is -0.325 e. The second kappa shape index (κ2) is 6.81. The van der Waals surface area contributed by atoms with Crippen LogP contribution < -0.4 is 10.5 Å². The van der Waals surface area contributed by atoms with Crippen LogP contribution in [-0.2, 0) is 14.8 Å². The third-order valence-corrected chi connectivity index (χ3v) is 5.93. The molecule has 1 aliphatic carbocycles. The first-order chi connectivity index (χ1) is 9.86. The van der Waals surface area contributed by atoms with Crippen LogP contribution in [0.15, 0.2) is 29.2 Å². The number of nitrogens with one attached hydrogen (secondary N) is 1. The standard InChI is InChI=1S/C14H20N2O3S2/c1-10(20-12-4-2-3-5-12)14(17)16-11-6-8-13(9-7-11)21(15,18)19/h6-10,12H,2-5H2,1H3,(H,16,17)(H2,15,18,19)/t10-/m1/s1. The summed E-state index contributed by atoms with van der Waals surface area (Å²) in [4.78, 5) is 12.1. The normalized spacial score (nSPS) is 17.6. The highest BCUT2D eigenvalue weighted by molar-refractivity contribution is 8.01. The first-order valence-electron chi connectivity index (χ1n) is 6.95. The molecule has 0 spiro atoms. The van der Waals surface area contributed by atoms with Crippen molar-refractivity contribution in [2.24, 2.45) is 5.14 Å². The van der Waals surface area contributed by atoms with Crippen LogP contribution in [0.5, 0.6) is 0 Å². The zero-order valence-electron chi connectivity index (χ0n) is 11.9. The molecular weight excluding hydrogens is 308 g/mol. The smallest absolute Gasteiger partial charge is 0.238 e. The van der Waals surface area contributed by atoms with Crippen molar-refractivity contribution in [2.75, 3.05) is 5.32 Å². The lowest BCUT2D eigenvalue weighted by atomic mass is 10.3. The largest absolute Gasteiger partial charge is 0.325 e. The number of carbonyl (C=O) groups is 1. The highest BCUT2D eigenvalue weighted by Gasteiger charge is 2.22. The average molecular weight is 328 g/mol. The zero-order chi connectivity index (χ0) is 15.5. The molecule has 0 aliphatic heterocycles. The van der Waals surface area contributed by atoms with Crippen molar-refractivity contribution < 1.29 is 13.2 Å². The number of amides is 1. The quantitative estimate of drug-likeness (QED) is 0.868. The number of anilines is 1. The van der Waals surface area contributed by atoms with Crippen LogP contribution in [0.25, 0.3) is 0 Å². The number of primary sulfonamides is 1. The molecule has 1 aliphatic rings. The molecule has 7 heteroatoms. The molecule has 0 saturated heterocycles. The summed E-state index contributed by atoms with van der Waals surface area (Å²) in [6.07, 6.45) is 4.87. The lowest BCUT2D eigenvalue weighted by Gasteiger charge is -2.16. The van der Waals surface area contributed by atoms with Gasteiger partial charge in [-0.05, 0) is 44.0 Å². The molecule has 1 amide bonds. The summed E-state index contributed by atoms with van der Waals surface area (Å²) < 4.78 is 22.3. The number of hydrogen-bond acceptors (Lipinski definition) is 4. The molecule has 0 heterocycles. The van der Waals surface area contributed by atoms with E-state index in [2.05, 4.69) is 5.32 Å². The molecule has 1 atom stereocenters. The fourth-order valence-corrected chi connectivity index (χ4v) is 4.23. The van der Waals surface area contributed by atoms with Gasteiger partial charge in [0.15, 0.2) is 0 Å². The number of thioether (sulfide) groups is 1. The summed E-state index contributed by atoms with van der Waals surface area (Å²) in [5.74, 6) is -0.0599. The van der Waals surface area contributed by atoms with E-state index in [1.807, 2.05) is 6.92 Å². The minimum absolute atomic E-state index is 0.0360. The number of carbonyl (C=O) groups excluding carboxylic acids is 1. The van der Waals surface area contributed by atoms with E-state index in [9.17, 15) is 13.2 Å². The van der Waals surface area contributed by atoms with Gasteiger partial charge in [-0.1, -0.05) is 12.8 Å². The van der Waals surface area contributed by atoms with Crippen LogP contribution >= 0.6 is 11.8 Å². The van der Waals surface area contributed by atoms with E-state index in [0.29, 0.717) is 10.9 Å². The third-order valence-electron chi connectivity index (χ3n) is 3.52. The van der Waals surface area contributed by atoms with Gasteiger partial charge in [-0.25, -0.2) is 13.6 Å². The molecule has 5 nitrogen and oxygen atoms in total. The van der Waals surface area contributed by atoms with E-state index < -0.39 is 10.0 Å². The Morgan fingerprint density at radius 2 is 1.86 bits per heavy atom. The van der Waals surface area contributed by atoms with Crippen molar-refractivity contribution in [3.8, 4) is 0 Å². The van der Waals surface area contributed by atoms with Crippen LogP contribution in [-0.4, -0.2) is 24.8 Å². The number of sulfonamides is 1. The van der Waals surface area contributed by atoms with E-state index in [4.69, 9.17) is 5.14 Å². The van der Waals surface area contributed by atoms with Gasteiger partial charge >= 0.3 is 0 Å². The maximum Gasteiger partial charge on any atom is 0.238 e. The van der Waals surface area contributed by atoms with Crippen LogP contribution in [0.1, 0.15) is 32.6 Å². The van der Waals surface area contributed by atoms with Crippen LogP contribution in [0.4, 0.5) is 5.69 Å². The van der Waals surface area contributed by atoms with Gasteiger partial charge in [-0.3, -0.25) is 4.79 Å². The Morgan fingerprint density at radius 3 is 2.38 bits per heavy atom. The SMILES string of the molecule is C[C@@H](SC1CCCC1)C(=O)Nc1ccc(S(N)(=O)=O)cc1. The van der Waals surface area contributed by atoms with E-state index in [1.165, 1.54) is 37.8 Å². The molecule has 0 bridgehead atoms. The molecular formula is C14H20N2O3S2. The van der Waals surface area contributed by atoms with Crippen molar-refractivity contribution in [2.45, 2.75) is 48.0 Å². The molecule has 116 valence electrons. The van der Waals surface area contributed by atoms with Crippen molar-refractivity contribution in [3.63, 3.8) is 0 Å². The van der Waals surface area contributed by atoms with Gasteiger partial charge in [0, 0.05) is 10.9 Å². The van der Waals surface area contributed by atoms with Crippen LogP contribution in [0, 0.1) is 0 Å². The Morgan fingerprint density at radius 1 is 1.29 bits per heavy atom. The number of rotatable bonds is 5. The highest BCUT2D eigenvalue weighted by Crippen LogP contribution is 2.32. The number of hydrogen-bond donors (Lipinski definition) is 2. The average Bonchev–Trinajstić information content (AvgIpc) is 2.91. The summed E-state index contributed by atoms with van der Waals surface area (Å²) in [7, 11) is -3.70. The third kappa shape index (κ3) is 4.72. The zero-order valence-corrected chi connectivity index (χ0v) is 13.5. The molecule has 1 aromatic carbocycles. The van der Waals surface area contributed by atoms with E-state index in [-0.39, 0.29) is 16.1 Å². The van der Waals surface area contributed by atoms with Crippen LogP contribution in [0.3, 0.4) is 0 Å². The summed E-state index contributed by atoms with van der Waals surface area (Å²) in [6.45, 7) is 1.90. The molecule has 0 radical (unpaired) electrons. The van der Waals surface area contributed by atoms with Gasteiger partial charge in [0.05, 0.1) is 10.1 Å². The van der Waals surface area contributed by atoms with Gasteiger partial charge in [-0.2, -0.15) is 0 Å². The minimum atomic E-state index is -3.70. The molecule has 3 N–H and O–H groups in total. The number of benzene rings is 1. The van der Waals surface area contributed by atoms with E-state index >= 15 is 0 Å². The number of nitrogens with two attached hydrogens (primary N) is 1. The summed E-state index contributed by atoms with van der Waals surface area (Å²) >= 11 is 1.71. The summed E-state index contributed by atoms with van der Waals surface area (Å²) in [5, 5.41) is 8.29. The van der Waals surface area contributed by atoms with E-state index in [0.717, 1.165) is 0 Å². The maximum absolute atomic E-state index is 12.1. The molecule has 21 heavy (non-hydrogen) atoms. The Labute approximate surface area is 129 Å². The lowest BCUT2D eigenvalue weighted by molar-refractivity contribution is -0.115. The van der Waals surface area contributed by atoms with Gasteiger partial charge < -0.3 is 5.32 Å². The fourth-order valence-electron chi connectivity index (χ4n) is 2.35. The maximum atomic E-state index is 12.1. The predicted molar refractivity (Wildman–Crippen MR) is 85.8 cm³/mol. The Bertz CT molecular complexity index is 593. The van der Waals surface area contributed by atoms with Crippen molar-refractivity contribution in [1.82, 2.24) is 0 Å². The Hall–Kier alpha value is -1.05. The second-order valence-corrected chi connectivity index (χ2v) is 8.45. The summed E-state index contributed by atoms with van der Waals surface area (Å²) in [6, 6.07) is 5.87. The lowest BCUT2D eigenvalue weighted by Crippen LogP contribution is -2.24. The molecule has 1 saturated carbocycles. The van der Waals surface area contributed by atoms with Gasteiger partial charge in [0.1, 0.15) is 0 Å². The first kappa shape index (κ1) is 16.3. The highest BCUT2D eigenvalue weighted by atomic mass is 32.2. The van der Waals surface area contributed by atoms with Gasteiger partial charge in [-0.15, -0.1) is 11.8 Å². The molecule has 0 unspecified atom stereocenters. The van der Waals surface area contributed by atoms with Crippen LogP contribution in [0.2, 0.25) is 0 Å². The Kier molecular flexibility index (Phi) is 5.29.